The van der Waals surface area contributed by atoms with Crippen molar-refractivity contribution in [2.75, 3.05) is 14.2 Å². The molecule has 0 fully saturated rings. The van der Waals surface area contributed by atoms with E-state index >= 15 is 0 Å². The molecule has 1 aliphatic rings. The number of hydrogen-bond acceptors (Lipinski definition) is 3. The van der Waals surface area contributed by atoms with Gasteiger partial charge in [0.05, 0.1) is 30.5 Å². The number of nitrogens with one attached hydrogen (secondary N) is 1. The van der Waals surface area contributed by atoms with Gasteiger partial charge in [0, 0.05) is 17.3 Å². The van der Waals surface area contributed by atoms with E-state index in [2.05, 4.69) is 10.2 Å². The van der Waals surface area contributed by atoms with Crippen LogP contribution in [-0.4, -0.2) is 24.4 Å². The summed E-state index contributed by atoms with van der Waals surface area (Å²) in [5, 5.41) is 8.29. The highest BCUT2D eigenvalue weighted by Crippen LogP contribution is 2.46. The highest BCUT2D eigenvalue weighted by Gasteiger charge is 2.28. The van der Waals surface area contributed by atoms with Crippen LogP contribution in [0.2, 0.25) is 10.0 Å². The molecule has 0 saturated carbocycles. The number of rotatable bonds is 3. The fourth-order valence-electron chi connectivity index (χ4n) is 2.92. The van der Waals surface area contributed by atoms with Crippen LogP contribution in [0.3, 0.4) is 0 Å². The number of methoxy groups -OCH3 is 2. The fourth-order valence-corrected chi connectivity index (χ4v) is 3.73. The normalized spacial score (nSPS) is 17.4. The average Bonchev–Trinajstić information content (AvgIpc) is 2.95. The highest BCUT2D eigenvalue weighted by molar-refractivity contribution is 6.38. The predicted molar refractivity (Wildman–Crippen MR) is 82.9 cm³/mol. The molecule has 0 bridgehead atoms. The minimum Gasteiger partial charge on any atom is -0.495 e. The fraction of sp³-hybridized carbons (Fsp3) is 0.400. The summed E-state index contributed by atoms with van der Waals surface area (Å²) in [5.41, 5.74) is 3.32. The first-order valence-electron chi connectivity index (χ1n) is 6.76. The molecule has 1 aromatic carbocycles. The second-order valence-corrected chi connectivity index (χ2v) is 5.89. The maximum Gasteiger partial charge on any atom is 0.141 e. The molecule has 4 nitrogen and oxygen atoms in total. The highest BCUT2D eigenvalue weighted by atomic mass is 35.5. The van der Waals surface area contributed by atoms with Crippen molar-refractivity contribution < 1.29 is 9.47 Å². The third-order valence-electron chi connectivity index (χ3n) is 4.04. The van der Waals surface area contributed by atoms with E-state index in [0.717, 1.165) is 30.5 Å². The quantitative estimate of drug-likeness (QED) is 0.927. The molecule has 0 saturated heterocycles. The van der Waals surface area contributed by atoms with Gasteiger partial charge in [-0.25, -0.2) is 0 Å². The van der Waals surface area contributed by atoms with Crippen molar-refractivity contribution in [2.45, 2.75) is 25.2 Å². The number of nitrogens with zero attached hydrogens (tertiary/aromatic N) is 1. The number of ether oxygens (including phenoxy) is 2. The van der Waals surface area contributed by atoms with Crippen molar-refractivity contribution in [3.05, 3.63) is 39.1 Å². The zero-order valence-corrected chi connectivity index (χ0v) is 13.4. The van der Waals surface area contributed by atoms with E-state index in [1.165, 1.54) is 5.56 Å². The van der Waals surface area contributed by atoms with E-state index in [4.69, 9.17) is 32.7 Å². The summed E-state index contributed by atoms with van der Waals surface area (Å²) in [7, 11) is 3.18. The number of H-pyrrole nitrogens is 1. The molecule has 3 rings (SSSR count). The number of halogens is 2. The summed E-state index contributed by atoms with van der Waals surface area (Å²) in [6, 6.07) is 1.72. The summed E-state index contributed by atoms with van der Waals surface area (Å²) >= 11 is 13.0. The molecule has 1 N–H and O–H groups in total. The van der Waals surface area contributed by atoms with Gasteiger partial charge in [0.2, 0.25) is 0 Å². The van der Waals surface area contributed by atoms with Crippen LogP contribution in [0.1, 0.15) is 29.2 Å². The molecule has 6 heteroatoms. The van der Waals surface area contributed by atoms with E-state index < -0.39 is 0 Å². The lowest BCUT2D eigenvalue weighted by molar-refractivity contribution is 0.392. The van der Waals surface area contributed by atoms with Gasteiger partial charge in [0.15, 0.2) is 0 Å². The summed E-state index contributed by atoms with van der Waals surface area (Å²) in [6.45, 7) is 0. The molecule has 0 spiro atoms. The molecule has 1 heterocycles. The van der Waals surface area contributed by atoms with E-state index in [9.17, 15) is 0 Å². The van der Waals surface area contributed by atoms with E-state index in [-0.39, 0.29) is 5.92 Å². The Kier molecular flexibility index (Phi) is 4.00. The van der Waals surface area contributed by atoms with Gasteiger partial charge >= 0.3 is 0 Å². The topological polar surface area (TPSA) is 47.1 Å². The van der Waals surface area contributed by atoms with Gasteiger partial charge in [0.25, 0.3) is 0 Å². The molecule has 0 unspecified atom stereocenters. The van der Waals surface area contributed by atoms with Crippen LogP contribution in [-0.2, 0) is 12.8 Å². The Balaban J connectivity index is 2.06. The number of fused-ring (bicyclic) bond motifs is 1. The van der Waals surface area contributed by atoms with E-state index in [1.807, 2.05) is 6.20 Å². The van der Waals surface area contributed by atoms with Gasteiger partial charge in [-0.3, -0.25) is 5.10 Å². The first-order chi connectivity index (χ1) is 10.2. The van der Waals surface area contributed by atoms with Crippen molar-refractivity contribution in [1.29, 1.82) is 0 Å². The predicted octanol–water partition coefficient (Wildman–Crippen LogP) is 4.01. The summed E-state index contributed by atoms with van der Waals surface area (Å²) < 4.78 is 10.7. The average molecular weight is 327 g/mol. The Morgan fingerprint density at radius 2 is 1.86 bits per heavy atom. The Hall–Kier alpha value is -1.39. The van der Waals surface area contributed by atoms with Crippen LogP contribution >= 0.6 is 23.2 Å². The minimum absolute atomic E-state index is 0.224. The lowest BCUT2D eigenvalue weighted by Gasteiger charge is -2.25. The van der Waals surface area contributed by atoms with Crippen molar-refractivity contribution in [1.82, 2.24) is 10.2 Å². The molecule has 2 aromatic rings. The Morgan fingerprint density at radius 1 is 1.19 bits per heavy atom. The number of aromatic nitrogens is 2. The van der Waals surface area contributed by atoms with Crippen LogP contribution in [0.5, 0.6) is 11.5 Å². The summed E-state index contributed by atoms with van der Waals surface area (Å²) in [4.78, 5) is 0. The SMILES string of the molecule is COc1cc(OC)c(Cl)c([C@@H]2CCc3cn[nH]c3C2)c1Cl. The first-order valence-corrected chi connectivity index (χ1v) is 7.52. The number of aryl methyl sites for hydroxylation is 1. The maximum atomic E-state index is 6.49. The number of benzene rings is 1. The van der Waals surface area contributed by atoms with Gasteiger partial charge in [-0.2, -0.15) is 5.10 Å². The van der Waals surface area contributed by atoms with Crippen LogP contribution in [0.15, 0.2) is 12.3 Å². The lowest BCUT2D eigenvalue weighted by Crippen LogP contribution is -2.13. The maximum absolute atomic E-state index is 6.49. The molecular formula is C15H16Cl2N2O2. The summed E-state index contributed by atoms with van der Waals surface area (Å²) in [6.07, 6.45) is 4.66. The zero-order chi connectivity index (χ0) is 15.0. The van der Waals surface area contributed by atoms with Crippen LogP contribution in [0.4, 0.5) is 0 Å². The monoisotopic (exact) mass is 326 g/mol. The molecule has 1 aliphatic carbocycles. The second-order valence-electron chi connectivity index (χ2n) is 5.14. The summed E-state index contributed by atoms with van der Waals surface area (Å²) in [5.74, 6) is 1.40. The van der Waals surface area contributed by atoms with Crippen molar-refractivity contribution in [3.63, 3.8) is 0 Å². The van der Waals surface area contributed by atoms with Crippen LogP contribution in [0, 0.1) is 0 Å². The van der Waals surface area contributed by atoms with Crippen molar-refractivity contribution in [3.8, 4) is 11.5 Å². The molecule has 0 aliphatic heterocycles. The third kappa shape index (κ3) is 2.47. The standard InChI is InChI=1S/C15H16Cl2N2O2/c1-20-11-6-12(21-2)15(17)13(14(11)16)8-3-4-9-7-18-19-10(9)5-8/h6-8H,3-5H2,1-2H3,(H,18,19)/t8-/m1/s1. The van der Waals surface area contributed by atoms with E-state index in [1.54, 1.807) is 20.3 Å². The zero-order valence-electron chi connectivity index (χ0n) is 11.9. The van der Waals surface area contributed by atoms with Gasteiger partial charge in [-0.15, -0.1) is 0 Å². The largest absolute Gasteiger partial charge is 0.495 e. The van der Waals surface area contributed by atoms with Gasteiger partial charge in [-0.05, 0) is 30.7 Å². The van der Waals surface area contributed by atoms with Crippen LogP contribution in [0.25, 0.3) is 0 Å². The Bertz CT molecular complexity index is 642. The molecule has 21 heavy (non-hydrogen) atoms. The minimum atomic E-state index is 0.224. The van der Waals surface area contributed by atoms with Crippen molar-refractivity contribution in [2.24, 2.45) is 0 Å². The van der Waals surface area contributed by atoms with E-state index in [0.29, 0.717) is 21.5 Å². The number of aromatic amines is 1. The van der Waals surface area contributed by atoms with Crippen LogP contribution < -0.4 is 9.47 Å². The molecule has 112 valence electrons. The molecular weight excluding hydrogens is 311 g/mol. The molecule has 0 amide bonds. The molecule has 1 atom stereocenters. The molecule has 1 aromatic heterocycles. The molecule has 0 radical (unpaired) electrons. The van der Waals surface area contributed by atoms with Gasteiger partial charge in [-0.1, -0.05) is 23.2 Å². The second kappa shape index (κ2) is 5.78. The third-order valence-corrected chi connectivity index (χ3v) is 4.82. The van der Waals surface area contributed by atoms with Gasteiger partial charge < -0.3 is 9.47 Å². The first kappa shape index (κ1) is 14.5. The Labute approximate surface area is 133 Å². The smallest absolute Gasteiger partial charge is 0.141 e. The lowest BCUT2D eigenvalue weighted by atomic mass is 9.83. The number of hydrogen-bond donors (Lipinski definition) is 1. The van der Waals surface area contributed by atoms with Gasteiger partial charge in [0.1, 0.15) is 11.5 Å². The van der Waals surface area contributed by atoms with Crippen molar-refractivity contribution >= 4 is 23.2 Å². The Morgan fingerprint density at radius 3 is 2.48 bits per heavy atom.